The molecule has 2 aromatic heterocycles. The van der Waals surface area contributed by atoms with Crippen molar-refractivity contribution in [2.75, 3.05) is 51.2 Å². The maximum Gasteiger partial charge on any atom is 0.186 e. The third kappa shape index (κ3) is 5.52. The highest BCUT2D eigenvalue weighted by molar-refractivity contribution is 7.85. The Morgan fingerprint density at radius 2 is 1.83 bits per heavy atom. The summed E-state index contributed by atoms with van der Waals surface area (Å²) in [4.78, 5) is 13.4. The predicted octanol–water partition coefficient (Wildman–Crippen LogP) is 3.15. The Morgan fingerprint density at radius 1 is 1.11 bits per heavy atom. The first kappa shape index (κ1) is 25.0. The molecule has 2 aliphatic rings. The normalized spacial score (nSPS) is 19.8. The van der Waals surface area contributed by atoms with Crippen molar-refractivity contribution in [3.63, 3.8) is 0 Å². The standard InChI is InChI=1S/C25H30FN7OS2/c1-30-10-12-31(13-11-30)24-29-16-23(35-24)36(34)33-8-6-25(18-27,7-9-33)14-22-15-28-19-32(22)17-20-2-4-21(26)5-3-20/h2-5,15-16,19H,6-14,17H2,1H3. The second-order valence-electron chi connectivity index (χ2n) is 9.64. The lowest BCUT2D eigenvalue weighted by atomic mass is 9.76. The highest BCUT2D eigenvalue weighted by Gasteiger charge is 2.38. The smallest absolute Gasteiger partial charge is 0.186 e. The molecule has 190 valence electrons. The number of nitriles is 1. The maximum absolute atomic E-state index is 13.3. The lowest BCUT2D eigenvalue weighted by molar-refractivity contribution is 0.215. The highest BCUT2D eigenvalue weighted by atomic mass is 32.2. The largest absolute Gasteiger partial charge is 0.345 e. The van der Waals surface area contributed by atoms with Crippen LogP contribution in [-0.4, -0.2) is 74.3 Å². The third-order valence-corrected chi connectivity index (χ3v) is 9.97. The zero-order chi connectivity index (χ0) is 25.1. The average Bonchev–Trinajstić information content (AvgIpc) is 3.56. The summed E-state index contributed by atoms with van der Waals surface area (Å²) >= 11 is 1.51. The molecule has 1 unspecified atom stereocenters. The van der Waals surface area contributed by atoms with E-state index in [2.05, 4.69) is 32.9 Å². The molecule has 1 atom stereocenters. The van der Waals surface area contributed by atoms with E-state index in [1.165, 1.54) is 23.5 Å². The fourth-order valence-corrected chi connectivity index (χ4v) is 7.22. The number of piperidine rings is 1. The number of piperazine rings is 1. The molecule has 36 heavy (non-hydrogen) atoms. The van der Waals surface area contributed by atoms with E-state index in [0.717, 1.165) is 46.8 Å². The van der Waals surface area contributed by atoms with Crippen LogP contribution in [0.2, 0.25) is 0 Å². The molecule has 2 aliphatic heterocycles. The Bertz CT molecular complexity index is 1240. The summed E-state index contributed by atoms with van der Waals surface area (Å²) in [6.07, 6.45) is 7.18. The van der Waals surface area contributed by atoms with Gasteiger partial charge in [0.2, 0.25) is 0 Å². The number of aromatic nitrogens is 3. The van der Waals surface area contributed by atoms with Crippen molar-refractivity contribution < 1.29 is 8.60 Å². The Morgan fingerprint density at radius 3 is 2.53 bits per heavy atom. The predicted molar refractivity (Wildman–Crippen MR) is 139 cm³/mol. The van der Waals surface area contributed by atoms with Gasteiger partial charge in [-0.25, -0.2) is 22.9 Å². The minimum Gasteiger partial charge on any atom is -0.345 e. The lowest BCUT2D eigenvalue weighted by Gasteiger charge is -2.36. The molecule has 0 N–H and O–H groups in total. The molecular weight excluding hydrogens is 497 g/mol. The molecule has 0 radical (unpaired) electrons. The van der Waals surface area contributed by atoms with E-state index in [9.17, 15) is 13.9 Å². The number of hydrogen-bond acceptors (Lipinski definition) is 7. The number of imidazole rings is 1. The Labute approximate surface area is 217 Å². The van der Waals surface area contributed by atoms with Gasteiger partial charge >= 0.3 is 0 Å². The van der Waals surface area contributed by atoms with Crippen LogP contribution in [-0.2, 0) is 24.0 Å². The van der Waals surface area contributed by atoms with Gasteiger partial charge in [-0.05, 0) is 37.6 Å². The van der Waals surface area contributed by atoms with Crippen LogP contribution in [0.25, 0.3) is 0 Å². The van der Waals surface area contributed by atoms with Crippen molar-refractivity contribution in [2.45, 2.75) is 30.0 Å². The van der Waals surface area contributed by atoms with Crippen LogP contribution < -0.4 is 4.90 Å². The van der Waals surface area contributed by atoms with Gasteiger partial charge in [-0.3, -0.25) is 0 Å². The molecule has 0 saturated carbocycles. The van der Waals surface area contributed by atoms with Gasteiger partial charge in [0.1, 0.15) is 21.0 Å². The summed E-state index contributed by atoms with van der Waals surface area (Å²) < 4.78 is 31.3. The molecule has 2 saturated heterocycles. The first-order valence-corrected chi connectivity index (χ1v) is 14.1. The summed E-state index contributed by atoms with van der Waals surface area (Å²) in [5.74, 6) is -0.258. The molecule has 0 amide bonds. The van der Waals surface area contributed by atoms with E-state index in [4.69, 9.17) is 0 Å². The van der Waals surface area contributed by atoms with Crippen molar-refractivity contribution in [2.24, 2.45) is 5.41 Å². The van der Waals surface area contributed by atoms with E-state index < -0.39 is 16.4 Å². The monoisotopic (exact) mass is 527 g/mol. The van der Waals surface area contributed by atoms with Crippen molar-refractivity contribution >= 4 is 27.5 Å². The van der Waals surface area contributed by atoms with Crippen molar-refractivity contribution in [3.8, 4) is 6.07 Å². The van der Waals surface area contributed by atoms with Crippen LogP contribution in [0.1, 0.15) is 24.1 Å². The van der Waals surface area contributed by atoms with Crippen LogP contribution in [0.5, 0.6) is 0 Å². The zero-order valence-electron chi connectivity index (χ0n) is 20.3. The van der Waals surface area contributed by atoms with Crippen LogP contribution in [0.3, 0.4) is 0 Å². The van der Waals surface area contributed by atoms with Gasteiger partial charge < -0.3 is 14.4 Å². The SMILES string of the molecule is CN1CCN(c2ncc(S(=O)N3CCC(C#N)(Cc4cncn4Cc4ccc(F)cc4)CC3)s2)CC1. The molecule has 2 fully saturated rings. The summed E-state index contributed by atoms with van der Waals surface area (Å²) in [5, 5.41) is 11.1. The molecule has 1 aromatic carbocycles. The number of likely N-dealkylation sites (N-methyl/N-ethyl adjacent to an activating group) is 1. The van der Waals surface area contributed by atoms with E-state index in [1.54, 1.807) is 24.7 Å². The molecule has 0 bridgehead atoms. The molecule has 8 nitrogen and oxygen atoms in total. The van der Waals surface area contributed by atoms with Crippen molar-refractivity contribution in [1.82, 2.24) is 23.7 Å². The van der Waals surface area contributed by atoms with Gasteiger partial charge in [-0.15, -0.1) is 0 Å². The highest BCUT2D eigenvalue weighted by Crippen LogP contribution is 2.37. The topological polar surface area (TPSA) is 81.3 Å². The van der Waals surface area contributed by atoms with Gasteiger partial charge in [0, 0.05) is 64.1 Å². The van der Waals surface area contributed by atoms with Crippen molar-refractivity contribution in [1.29, 1.82) is 5.26 Å². The minimum atomic E-state index is -1.27. The van der Waals surface area contributed by atoms with Gasteiger partial charge in [0.15, 0.2) is 5.13 Å². The van der Waals surface area contributed by atoms with E-state index in [1.807, 2.05) is 15.1 Å². The second kappa shape index (κ2) is 10.8. The number of hydrogen-bond donors (Lipinski definition) is 0. The molecule has 4 heterocycles. The van der Waals surface area contributed by atoms with Gasteiger partial charge in [-0.1, -0.05) is 23.5 Å². The lowest BCUT2D eigenvalue weighted by Crippen LogP contribution is -2.44. The zero-order valence-corrected chi connectivity index (χ0v) is 22.0. The molecular formula is C25H30FN7OS2. The second-order valence-corrected chi connectivity index (χ2v) is 12.4. The molecule has 5 rings (SSSR count). The first-order chi connectivity index (χ1) is 17.4. The summed E-state index contributed by atoms with van der Waals surface area (Å²) in [6.45, 7) is 5.63. The number of anilines is 1. The van der Waals surface area contributed by atoms with Gasteiger partial charge in [0.05, 0.1) is 24.0 Å². The average molecular weight is 528 g/mol. The summed E-state index contributed by atoms with van der Waals surface area (Å²) in [5.41, 5.74) is 1.43. The fraction of sp³-hybridized carbons (Fsp3) is 0.480. The van der Waals surface area contributed by atoms with Crippen LogP contribution in [0, 0.1) is 22.6 Å². The number of halogens is 1. The van der Waals surface area contributed by atoms with E-state index in [0.29, 0.717) is 38.9 Å². The molecule has 0 spiro atoms. The minimum absolute atomic E-state index is 0.258. The third-order valence-electron chi connectivity index (χ3n) is 7.15. The molecule has 11 heteroatoms. The summed E-state index contributed by atoms with van der Waals surface area (Å²) in [7, 11) is 0.849. The van der Waals surface area contributed by atoms with Crippen LogP contribution in [0.15, 0.2) is 47.2 Å². The molecule has 3 aromatic rings. The molecule has 0 aliphatic carbocycles. The Kier molecular flexibility index (Phi) is 7.48. The summed E-state index contributed by atoms with van der Waals surface area (Å²) in [6, 6.07) is 9.01. The fourth-order valence-electron chi connectivity index (χ4n) is 4.78. The van der Waals surface area contributed by atoms with Crippen LogP contribution >= 0.6 is 11.3 Å². The number of thiazole rings is 1. The number of benzene rings is 1. The number of nitrogens with zero attached hydrogens (tertiary/aromatic N) is 7. The van der Waals surface area contributed by atoms with E-state index in [-0.39, 0.29) is 5.82 Å². The quantitative estimate of drug-likeness (QED) is 0.470. The van der Waals surface area contributed by atoms with E-state index >= 15 is 0 Å². The Balaban J connectivity index is 1.20. The Hall–Kier alpha value is -2.65. The van der Waals surface area contributed by atoms with Crippen LogP contribution in [0.4, 0.5) is 9.52 Å². The van der Waals surface area contributed by atoms with Gasteiger partial charge in [0.25, 0.3) is 0 Å². The van der Waals surface area contributed by atoms with Gasteiger partial charge in [-0.2, -0.15) is 5.26 Å². The van der Waals surface area contributed by atoms with Crippen molar-refractivity contribution in [3.05, 3.63) is 60.1 Å². The first-order valence-electron chi connectivity index (χ1n) is 12.2. The number of rotatable bonds is 7. The maximum atomic E-state index is 13.3.